The van der Waals surface area contributed by atoms with E-state index in [1.165, 1.54) is 4.90 Å². The topological polar surface area (TPSA) is 77.0 Å². The molecule has 0 saturated carbocycles. The van der Waals surface area contributed by atoms with Gasteiger partial charge in [-0.05, 0) is 12.1 Å². The first kappa shape index (κ1) is 19.7. The molecule has 0 saturated heterocycles. The van der Waals surface area contributed by atoms with E-state index in [0.29, 0.717) is 12.1 Å². The van der Waals surface area contributed by atoms with Crippen LogP contribution in [0.4, 0.5) is 26.3 Å². The second-order valence-electron chi connectivity index (χ2n) is 6.09. The van der Waals surface area contributed by atoms with Crippen LogP contribution in [0.15, 0.2) is 17.8 Å². The minimum Gasteiger partial charge on any atom is -0.402 e. The lowest BCUT2D eigenvalue weighted by molar-refractivity contribution is -0.148. The number of nitrogens with zero attached hydrogens (tertiary/aromatic N) is 4. The van der Waals surface area contributed by atoms with E-state index in [2.05, 4.69) is 10.2 Å². The molecule has 1 aromatic heterocycles. The van der Waals surface area contributed by atoms with Gasteiger partial charge in [-0.3, -0.25) is 4.79 Å². The number of rotatable bonds is 3. The van der Waals surface area contributed by atoms with Crippen molar-refractivity contribution in [1.82, 2.24) is 19.7 Å². The highest BCUT2D eigenvalue weighted by Crippen LogP contribution is 2.29. The lowest BCUT2D eigenvalue weighted by atomic mass is 10.1. The normalized spacial score (nSPS) is 14.9. The van der Waals surface area contributed by atoms with Gasteiger partial charge in [0.2, 0.25) is 11.7 Å². The smallest absolute Gasteiger partial charge is 0.402 e. The van der Waals surface area contributed by atoms with Crippen molar-refractivity contribution in [1.29, 1.82) is 0 Å². The number of carbonyl (C=O) groups is 1. The maximum atomic E-state index is 13.6. The van der Waals surface area contributed by atoms with Gasteiger partial charge in [-0.25, -0.2) is 13.2 Å². The summed E-state index contributed by atoms with van der Waals surface area (Å²) in [6.07, 6.45) is -4.05. The van der Waals surface area contributed by atoms with Crippen molar-refractivity contribution < 1.29 is 31.1 Å². The fourth-order valence-electron chi connectivity index (χ4n) is 2.77. The number of carbonyl (C=O) groups excluding carboxylic acids is 1. The van der Waals surface area contributed by atoms with E-state index < -0.39 is 41.8 Å². The molecule has 0 atom stereocenters. The highest BCUT2D eigenvalue weighted by molar-refractivity contribution is 5.80. The summed E-state index contributed by atoms with van der Waals surface area (Å²) in [5, 5.41) is 6.57. The molecule has 6 nitrogen and oxygen atoms in total. The van der Waals surface area contributed by atoms with Crippen molar-refractivity contribution in [2.24, 2.45) is 5.73 Å². The molecule has 2 heterocycles. The van der Waals surface area contributed by atoms with Crippen LogP contribution in [0.1, 0.15) is 23.6 Å². The fraction of sp³-hybridized carbons (Fsp3) is 0.312. The van der Waals surface area contributed by atoms with E-state index in [4.69, 9.17) is 5.73 Å². The van der Waals surface area contributed by atoms with Crippen molar-refractivity contribution in [2.75, 3.05) is 6.54 Å². The zero-order valence-corrected chi connectivity index (χ0v) is 14.1. The third-order valence-corrected chi connectivity index (χ3v) is 4.10. The van der Waals surface area contributed by atoms with Crippen LogP contribution in [0.2, 0.25) is 0 Å². The summed E-state index contributed by atoms with van der Waals surface area (Å²) in [5.41, 5.74) is 5.21. The first-order chi connectivity index (χ1) is 13.1. The van der Waals surface area contributed by atoms with Gasteiger partial charge in [0.25, 0.3) is 0 Å². The van der Waals surface area contributed by atoms with E-state index in [0.717, 1.165) is 10.6 Å². The fourth-order valence-corrected chi connectivity index (χ4v) is 2.77. The molecule has 2 aromatic rings. The van der Waals surface area contributed by atoms with Crippen LogP contribution >= 0.6 is 0 Å². The van der Waals surface area contributed by atoms with Crippen molar-refractivity contribution in [3.05, 3.63) is 52.5 Å². The molecule has 3 rings (SSSR count). The number of hydrogen-bond donors (Lipinski definition) is 1. The van der Waals surface area contributed by atoms with E-state index >= 15 is 0 Å². The summed E-state index contributed by atoms with van der Waals surface area (Å²) < 4.78 is 79.1. The standard InChI is InChI=1S/C16H13F6N5O/c17-10-6-12(19)11(18)4-8(10)3-9(23)5-14(28)26-1-2-27-13(7-26)24-25-15(27)16(20,21)22/h3-4,6H,1-2,5,7,23H2/b9-3-. The maximum Gasteiger partial charge on any atom is 0.451 e. The molecule has 28 heavy (non-hydrogen) atoms. The Balaban J connectivity index is 1.70. The van der Waals surface area contributed by atoms with Crippen LogP contribution in [-0.2, 0) is 24.1 Å². The molecule has 12 heteroatoms. The first-order valence-electron chi connectivity index (χ1n) is 7.94. The highest BCUT2D eigenvalue weighted by Gasteiger charge is 2.39. The monoisotopic (exact) mass is 405 g/mol. The zero-order chi connectivity index (χ0) is 20.6. The van der Waals surface area contributed by atoms with Crippen LogP contribution in [0.5, 0.6) is 0 Å². The van der Waals surface area contributed by atoms with E-state index in [1.54, 1.807) is 0 Å². The number of benzene rings is 1. The quantitative estimate of drug-likeness (QED) is 0.629. The predicted octanol–water partition coefficient (Wildman–Crippen LogP) is 2.45. The summed E-state index contributed by atoms with van der Waals surface area (Å²) in [7, 11) is 0. The van der Waals surface area contributed by atoms with Gasteiger partial charge in [0.15, 0.2) is 17.5 Å². The second kappa shape index (κ2) is 7.17. The lowest BCUT2D eigenvalue weighted by Crippen LogP contribution is -2.39. The Labute approximate surface area is 154 Å². The number of hydrogen-bond acceptors (Lipinski definition) is 4. The number of amides is 1. The van der Waals surface area contributed by atoms with E-state index in [1.807, 2.05) is 0 Å². The average molecular weight is 405 g/mol. The summed E-state index contributed by atoms with van der Waals surface area (Å²) in [4.78, 5) is 13.5. The van der Waals surface area contributed by atoms with Crippen molar-refractivity contribution in [3.63, 3.8) is 0 Å². The molecule has 1 aliphatic heterocycles. The SMILES string of the molecule is N/C(=C\c1cc(F)c(F)cc1F)CC(=O)N1CCn2c(nnc2C(F)(F)F)C1. The Morgan fingerprint density at radius 3 is 2.46 bits per heavy atom. The van der Waals surface area contributed by atoms with Crippen molar-refractivity contribution >= 4 is 12.0 Å². The molecule has 0 spiro atoms. The Kier molecular flexibility index (Phi) is 5.04. The third kappa shape index (κ3) is 3.94. The van der Waals surface area contributed by atoms with Gasteiger partial charge in [0.05, 0.1) is 13.0 Å². The third-order valence-electron chi connectivity index (χ3n) is 4.10. The summed E-state index contributed by atoms with van der Waals surface area (Å²) in [6, 6.07) is 0.954. The molecular weight excluding hydrogens is 392 g/mol. The first-order valence-corrected chi connectivity index (χ1v) is 7.94. The summed E-state index contributed by atoms with van der Waals surface area (Å²) >= 11 is 0. The van der Waals surface area contributed by atoms with Crippen LogP contribution < -0.4 is 5.73 Å². The Hall–Kier alpha value is -3.05. The Bertz CT molecular complexity index is 952. The van der Waals surface area contributed by atoms with E-state index in [-0.39, 0.29) is 36.7 Å². The predicted molar refractivity (Wildman–Crippen MR) is 83.5 cm³/mol. The number of alkyl halides is 3. The summed E-state index contributed by atoms with van der Waals surface area (Å²) in [5.74, 6) is -5.40. The Morgan fingerprint density at radius 1 is 1.11 bits per heavy atom. The number of fused-ring (bicyclic) bond motifs is 1. The van der Waals surface area contributed by atoms with Gasteiger partial charge in [-0.2, -0.15) is 13.2 Å². The van der Waals surface area contributed by atoms with Gasteiger partial charge < -0.3 is 15.2 Å². The molecule has 0 fully saturated rings. The molecule has 1 aromatic carbocycles. The van der Waals surface area contributed by atoms with Crippen LogP contribution in [0.3, 0.4) is 0 Å². The van der Waals surface area contributed by atoms with Crippen LogP contribution in [0.25, 0.3) is 6.08 Å². The van der Waals surface area contributed by atoms with Gasteiger partial charge in [0, 0.05) is 30.4 Å². The van der Waals surface area contributed by atoms with Crippen molar-refractivity contribution in [2.45, 2.75) is 25.7 Å². The van der Waals surface area contributed by atoms with Gasteiger partial charge in [-0.1, -0.05) is 0 Å². The minimum absolute atomic E-state index is 0.0267. The number of halogens is 6. The van der Waals surface area contributed by atoms with Crippen LogP contribution in [-0.4, -0.2) is 32.1 Å². The number of nitrogens with two attached hydrogens (primary N) is 1. The average Bonchev–Trinajstić information content (AvgIpc) is 3.03. The molecule has 150 valence electrons. The molecule has 0 radical (unpaired) electrons. The largest absolute Gasteiger partial charge is 0.451 e. The molecule has 0 unspecified atom stereocenters. The van der Waals surface area contributed by atoms with Gasteiger partial charge >= 0.3 is 6.18 Å². The van der Waals surface area contributed by atoms with E-state index in [9.17, 15) is 31.1 Å². The second-order valence-corrected chi connectivity index (χ2v) is 6.09. The zero-order valence-electron chi connectivity index (χ0n) is 14.1. The number of aromatic nitrogens is 3. The molecule has 2 N–H and O–H groups in total. The minimum atomic E-state index is -4.65. The van der Waals surface area contributed by atoms with Crippen LogP contribution in [0, 0.1) is 17.5 Å². The molecule has 0 aliphatic carbocycles. The molecule has 0 bridgehead atoms. The maximum absolute atomic E-state index is 13.6. The molecular formula is C16H13F6N5O. The van der Waals surface area contributed by atoms with Gasteiger partial charge in [-0.15, -0.1) is 10.2 Å². The molecule has 1 amide bonds. The molecule has 1 aliphatic rings. The summed E-state index contributed by atoms with van der Waals surface area (Å²) in [6.45, 7) is -0.376. The van der Waals surface area contributed by atoms with Crippen molar-refractivity contribution in [3.8, 4) is 0 Å². The van der Waals surface area contributed by atoms with Gasteiger partial charge in [0.1, 0.15) is 5.82 Å². The highest BCUT2D eigenvalue weighted by atomic mass is 19.4. The Morgan fingerprint density at radius 2 is 1.79 bits per heavy atom. The lowest BCUT2D eigenvalue weighted by Gasteiger charge is -2.28.